The van der Waals surface area contributed by atoms with Crippen LogP contribution in [-0.2, 0) is 23.6 Å². The van der Waals surface area contributed by atoms with E-state index in [9.17, 15) is 14.4 Å². The summed E-state index contributed by atoms with van der Waals surface area (Å²) in [4.78, 5) is 30.4. The number of hydrogen-bond acceptors (Lipinski definition) is 6. The molecule has 0 amide bonds. The molecule has 78 valence electrons. The summed E-state index contributed by atoms with van der Waals surface area (Å²) < 4.78 is 13.9. The predicted octanol–water partition coefficient (Wildman–Crippen LogP) is 0.0204. The molecule has 0 aliphatic heterocycles. The molecule has 6 nitrogen and oxygen atoms in total. The van der Waals surface area contributed by atoms with Crippen LogP contribution in [0.5, 0.6) is 0 Å². The number of rotatable bonds is 8. The molecule has 0 aliphatic carbocycles. The van der Waals surface area contributed by atoms with Crippen LogP contribution in [-0.4, -0.2) is 39.0 Å². The third-order valence-corrected chi connectivity index (χ3v) is 7.29. The average Bonchev–Trinajstić information content (AvgIpc) is 2.16. The Kier molecular flexibility index (Phi) is 6.81. The molecule has 0 aliphatic rings. The van der Waals surface area contributed by atoms with E-state index in [0.717, 1.165) is 0 Å². The molecule has 14 heavy (non-hydrogen) atoms. The molecule has 7 heteroatoms. The van der Waals surface area contributed by atoms with Crippen molar-refractivity contribution in [2.75, 3.05) is 0 Å². The Hall–Kier alpha value is -1.05. The summed E-state index contributed by atoms with van der Waals surface area (Å²) in [7, 11) is 0. The number of carbonyl (C=O) groups is 3. The second-order valence-corrected chi connectivity index (χ2v) is 9.18. The van der Waals surface area contributed by atoms with Crippen molar-refractivity contribution < 1.29 is 23.6 Å². The van der Waals surface area contributed by atoms with Gasteiger partial charge in [-0.15, -0.1) is 0 Å². The maximum atomic E-state index is 10.1. The Balaban J connectivity index is 4.59. The number of hydrogen-bond donors (Lipinski definition) is 0. The van der Waals surface area contributed by atoms with Gasteiger partial charge in [0.1, 0.15) is 0 Å². The fourth-order valence-electron chi connectivity index (χ4n) is 0.710. The number of carbonyl (C=O) groups excluding carboxylic acids is 3. The summed E-state index contributed by atoms with van der Waals surface area (Å²) in [5.41, 5.74) is 0. The molecular formula is C7H10O6Sn. The van der Waals surface area contributed by atoms with Gasteiger partial charge in [-0.25, -0.2) is 0 Å². The molecular weight excluding hydrogens is 299 g/mol. The summed E-state index contributed by atoms with van der Waals surface area (Å²) in [6, 6.07) is 0. The number of allylic oxidation sites excluding steroid dienone is 2. The summed E-state index contributed by atoms with van der Waals surface area (Å²) in [5.74, 6) is 0. The Labute approximate surface area is 86.3 Å². The normalized spacial score (nSPS) is 10.6. The average molecular weight is 309 g/mol. The zero-order valence-electron chi connectivity index (χ0n) is 7.54. The van der Waals surface area contributed by atoms with Crippen LogP contribution in [0.2, 0.25) is 4.44 Å². The van der Waals surface area contributed by atoms with Crippen LogP contribution < -0.4 is 0 Å². The topological polar surface area (TPSA) is 78.9 Å². The fourth-order valence-corrected chi connectivity index (χ4v) is 4.76. The van der Waals surface area contributed by atoms with Crippen molar-refractivity contribution in [3.05, 3.63) is 12.2 Å². The first-order chi connectivity index (χ1) is 6.74. The minimum absolute atomic E-state index is 0.118. The minimum atomic E-state index is -4.29. The Morgan fingerprint density at radius 1 is 1.00 bits per heavy atom. The van der Waals surface area contributed by atoms with Gasteiger partial charge in [-0.3, -0.25) is 0 Å². The molecule has 0 aromatic heterocycles. The van der Waals surface area contributed by atoms with E-state index in [-0.39, 0.29) is 23.9 Å². The van der Waals surface area contributed by atoms with Crippen molar-refractivity contribution in [2.45, 2.75) is 11.4 Å². The van der Waals surface area contributed by atoms with E-state index in [1.165, 1.54) is 0 Å². The molecule has 0 saturated carbocycles. The summed E-state index contributed by atoms with van der Waals surface area (Å²) in [6.45, 7) is 2.09. The van der Waals surface area contributed by atoms with Crippen molar-refractivity contribution >= 4 is 39.0 Å². The molecule has 0 atom stereocenters. The summed E-state index contributed by atoms with van der Waals surface area (Å²) >= 11 is -4.29. The van der Waals surface area contributed by atoms with Crippen molar-refractivity contribution in [1.29, 1.82) is 0 Å². The molecule has 0 heterocycles. The van der Waals surface area contributed by atoms with Gasteiger partial charge < -0.3 is 0 Å². The molecule has 0 unspecified atom stereocenters. The fraction of sp³-hybridized carbons (Fsp3) is 0.286. The van der Waals surface area contributed by atoms with Gasteiger partial charge in [0.25, 0.3) is 0 Å². The van der Waals surface area contributed by atoms with Crippen LogP contribution in [0.4, 0.5) is 0 Å². The van der Waals surface area contributed by atoms with E-state index in [1.54, 1.807) is 19.1 Å². The van der Waals surface area contributed by atoms with Gasteiger partial charge >= 0.3 is 86.2 Å². The van der Waals surface area contributed by atoms with Gasteiger partial charge in [0.05, 0.1) is 0 Å². The van der Waals surface area contributed by atoms with Crippen LogP contribution >= 0.6 is 0 Å². The maximum absolute atomic E-state index is 10.1. The van der Waals surface area contributed by atoms with Crippen LogP contribution in [0.3, 0.4) is 0 Å². The van der Waals surface area contributed by atoms with Crippen LogP contribution in [0.15, 0.2) is 12.2 Å². The van der Waals surface area contributed by atoms with E-state index in [4.69, 9.17) is 0 Å². The van der Waals surface area contributed by atoms with Gasteiger partial charge in [-0.2, -0.15) is 0 Å². The van der Waals surface area contributed by atoms with Gasteiger partial charge in [-0.1, -0.05) is 0 Å². The van der Waals surface area contributed by atoms with Crippen molar-refractivity contribution in [3.8, 4) is 0 Å². The molecule has 0 rings (SSSR count). The predicted molar refractivity (Wildman–Crippen MR) is 46.8 cm³/mol. The molecule has 0 aromatic carbocycles. The quantitative estimate of drug-likeness (QED) is 0.357. The van der Waals surface area contributed by atoms with Crippen LogP contribution in [0, 0.1) is 0 Å². The Morgan fingerprint density at radius 3 is 1.71 bits per heavy atom. The zero-order chi connectivity index (χ0) is 10.9. The summed E-state index contributed by atoms with van der Waals surface area (Å²) in [6.07, 6.45) is 3.27. The van der Waals surface area contributed by atoms with Gasteiger partial charge in [0.2, 0.25) is 0 Å². The standard InChI is InChI=1S/C4H7.3CH2O2.Sn/c1-3-4-2;3*2-1-3;/h3-4H,1H2,2H3;3*1H,(H,2,3);/q;;;;+3/p-3. The van der Waals surface area contributed by atoms with Gasteiger partial charge in [0.15, 0.2) is 0 Å². The summed E-state index contributed by atoms with van der Waals surface area (Å²) in [5, 5.41) is 0. The van der Waals surface area contributed by atoms with Crippen LogP contribution in [0.1, 0.15) is 6.92 Å². The molecule has 0 N–H and O–H groups in total. The van der Waals surface area contributed by atoms with Gasteiger partial charge in [0, 0.05) is 0 Å². The zero-order valence-corrected chi connectivity index (χ0v) is 10.4. The second kappa shape index (κ2) is 7.36. The van der Waals surface area contributed by atoms with Gasteiger partial charge in [-0.05, 0) is 0 Å². The van der Waals surface area contributed by atoms with E-state index in [0.29, 0.717) is 0 Å². The van der Waals surface area contributed by atoms with Crippen molar-refractivity contribution in [2.24, 2.45) is 0 Å². The molecule has 0 spiro atoms. The van der Waals surface area contributed by atoms with Crippen LogP contribution in [0.25, 0.3) is 0 Å². The van der Waals surface area contributed by atoms with E-state index < -0.39 is 19.6 Å². The Morgan fingerprint density at radius 2 is 1.43 bits per heavy atom. The van der Waals surface area contributed by atoms with E-state index in [2.05, 4.69) is 9.22 Å². The molecule has 0 fully saturated rings. The monoisotopic (exact) mass is 310 g/mol. The van der Waals surface area contributed by atoms with E-state index in [1.807, 2.05) is 0 Å². The third-order valence-electron chi connectivity index (χ3n) is 1.29. The van der Waals surface area contributed by atoms with E-state index >= 15 is 0 Å². The first kappa shape index (κ1) is 12.9. The molecule has 0 saturated heterocycles. The molecule has 0 bridgehead atoms. The first-order valence-corrected chi connectivity index (χ1v) is 9.21. The first-order valence-electron chi connectivity index (χ1n) is 3.70. The third kappa shape index (κ3) is 4.26. The second-order valence-electron chi connectivity index (χ2n) is 2.10. The SMILES string of the molecule is CC=C[CH2][Sn]([O]C=O)([O]C=O)[O]C=O. The van der Waals surface area contributed by atoms with Crippen molar-refractivity contribution in [1.82, 2.24) is 0 Å². The molecule has 0 aromatic rings. The molecule has 0 radical (unpaired) electrons. The van der Waals surface area contributed by atoms with Crippen molar-refractivity contribution in [3.63, 3.8) is 0 Å². The Bertz CT molecular complexity index is 200.